The van der Waals surface area contributed by atoms with Crippen LogP contribution in [0.2, 0.25) is 0 Å². The van der Waals surface area contributed by atoms with Gasteiger partial charge < -0.3 is 9.84 Å². The second-order valence-corrected chi connectivity index (χ2v) is 7.77. The zero-order chi connectivity index (χ0) is 18.1. The van der Waals surface area contributed by atoms with Crippen LogP contribution in [-0.2, 0) is 16.8 Å². The molecular formula is C21H27N3O2. The summed E-state index contributed by atoms with van der Waals surface area (Å²) in [6.07, 6.45) is 3.93. The Morgan fingerprint density at radius 3 is 2.50 bits per heavy atom. The number of hydrogen-bond donors (Lipinski definition) is 1. The Labute approximate surface area is 154 Å². The summed E-state index contributed by atoms with van der Waals surface area (Å²) < 4.78 is 5.26. The van der Waals surface area contributed by atoms with Gasteiger partial charge in [-0.3, -0.25) is 9.69 Å². The lowest BCUT2D eigenvalue weighted by molar-refractivity contribution is -0.124. The van der Waals surface area contributed by atoms with Gasteiger partial charge in [0.15, 0.2) is 0 Å². The van der Waals surface area contributed by atoms with Gasteiger partial charge >= 0.3 is 0 Å². The second kappa shape index (κ2) is 6.88. The van der Waals surface area contributed by atoms with Gasteiger partial charge in [0.2, 0.25) is 5.91 Å². The van der Waals surface area contributed by atoms with E-state index in [-0.39, 0.29) is 17.4 Å². The molecular weight excluding hydrogens is 326 g/mol. The van der Waals surface area contributed by atoms with E-state index in [9.17, 15) is 4.79 Å². The van der Waals surface area contributed by atoms with Gasteiger partial charge in [-0.25, -0.2) is 0 Å². The number of hydrogen-bond acceptors (Lipinski definition) is 4. The van der Waals surface area contributed by atoms with Crippen molar-refractivity contribution in [3.8, 4) is 0 Å². The van der Waals surface area contributed by atoms with Crippen LogP contribution in [-0.4, -0.2) is 35.1 Å². The van der Waals surface area contributed by atoms with Gasteiger partial charge in [0.05, 0.1) is 11.1 Å². The van der Waals surface area contributed by atoms with Crippen LogP contribution in [0.4, 0.5) is 0 Å². The number of aromatic nitrogens is 1. The second-order valence-electron chi connectivity index (χ2n) is 7.77. The normalized spacial score (nSPS) is 20.1. The molecule has 0 radical (unpaired) electrons. The van der Waals surface area contributed by atoms with Gasteiger partial charge in [0.1, 0.15) is 5.76 Å². The van der Waals surface area contributed by atoms with Crippen LogP contribution >= 0.6 is 0 Å². The fraction of sp³-hybridized carbons (Fsp3) is 0.524. The molecule has 1 saturated heterocycles. The molecule has 0 spiro atoms. The molecule has 2 heterocycles. The molecule has 1 aliphatic heterocycles. The van der Waals surface area contributed by atoms with Crippen LogP contribution < -0.4 is 5.32 Å². The lowest BCUT2D eigenvalue weighted by atomic mass is 9.94. The number of likely N-dealkylation sites (tertiary alicyclic amines) is 1. The Morgan fingerprint density at radius 2 is 1.92 bits per heavy atom. The quantitative estimate of drug-likeness (QED) is 0.897. The number of carbonyl (C=O) groups excluding carboxylic acids is 1. The maximum Gasteiger partial charge on any atom is 0.230 e. The number of aryl methyl sites for hydroxylation is 2. The van der Waals surface area contributed by atoms with E-state index in [4.69, 9.17) is 4.52 Å². The minimum atomic E-state index is -0.269. The molecule has 1 N–H and O–H groups in total. The number of nitrogens with one attached hydrogen (secondary N) is 1. The SMILES string of the molecule is Cc1noc(C)c1CN1CCC(NC(=O)C2(c3ccccc3)CC2)CC1. The first kappa shape index (κ1) is 17.3. The van der Waals surface area contributed by atoms with Crippen LogP contribution in [0.25, 0.3) is 0 Å². The average molecular weight is 353 g/mol. The topological polar surface area (TPSA) is 58.4 Å². The first-order chi connectivity index (χ1) is 12.6. The van der Waals surface area contributed by atoms with E-state index < -0.39 is 0 Å². The fourth-order valence-electron chi connectivity index (χ4n) is 4.04. The van der Waals surface area contributed by atoms with Gasteiger partial charge in [0.25, 0.3) is 0 Å². The Balaban J connectivity index is 1.31. The molecule has 138 valence electrons. The number of benzene rings is 1. The minimum absolute atomic E-state index is 0.216. The van der Waals surface area contributed by atoms with Crippen molar-refractivity contribution in [3.63, 3.8) is 0 Å². The molecule has 0 bridgehead atoms. The van der Waals surface area contributed by atoms with Gasteiger partial charge in [-0.1, -0.05) is 35.5 Å². The van der Waals surface area contributed by atoms with E-state index in [0.717, 1.165) is 62.3 Å². The number of piperidine rings is 1. The van der Waals surface area contributed by atoms with Crippen molar-refractivity contribution >= 4 is 5.91 Å². The Morgan fingerprint density at radius 1 is 1.23 bits per heavy atom. The first-order valence-corrected chi connectivity index (χ1v) is 9.59. The highest BCUT2D eigenvalue weighted by Crippen LogP contribution is 2.48. The molecule has 1 aliphatic carbocycles. The molecule has 1 aromatic heterocycles. The van der Waals surface area contributed by atoms with Crippen LogP contribution in [0, 0.1) is 13.8 Å². The summed E-state index contributed by atoms with van der Waals surface area (Å²) in [6, 6.07) is 10.5. The molecule has 2 fully saturated rings. The van der Waals surface area contributed by atoms with Crippen molar-refractivity contribution in [2.24, 2.45) is 0 Å². The van der Waals surface area contributed by atoms with E-state index in [0.29, 0.717) is 0 Å². The predicted molar refractivity (Wildman–Crippen MR) is 99.8 cm³/mol. The maximum atomic E-state index is 12.9. The summed E-state index contributed by atoms with van der Waals surface area (Å²) in [5.41, 5.74) is 3.08. The monoisotopic (exact) mass is 353 g/mol. The smallest absolute Gasteiger partial charge is 0.230 e. The maximum absolute atomic E-state index is 12.9. The third-order valence-corrected chi connectivity index (χ3v) is 6.00. The molecule has 1 aromatic carbocycles. The number of rotatable bonds is 5. The van der Waals surface area contributed by atoms with Crippen molar-refractivity contribution in [3.05, 3.63) is 52.9 Å². The van der Waals surface area contributed by atoms with Gasteiger partial charge in [-0.15, -0.1) is 0 Å². The Kier molecular flexibility index (Phi) is 4.57. The zero-order valence-corrected chi connectivity index (χ0v) is 15.6. The molecule has 5 nitrogen and oxygen atoms in total. The van der Waals surface area contributed by atoms with E-state index in [1.165, 1.54) is 5.56 Å². The highest BCUT2D eigenvalue weighted by Gasteiger charge is 2.51. The van der Waals surface area contributed by atoms with Crippen molar-refractivity contribution in [1.82, 2.24) is 15.4 Å². The number of amides is 1. The molecule has 5 heteroatoms. The summed E-state index contributed by atoms with van der Waals surface area (Å²) in [4.78, 5) is 15.3. The molecule has 0 unspecified atom stereocenters. The third-order valence-electron chi connectivity index (χ3n) is 6.00. The summed E-state index contributed by atoms with van der Waals surface area (Å²) in [6.45, 7) is 6.84. The summed E-state index contributed by atoms with van der Waals surface area (Å²) in [5, 5.41) is 7.37. The molecule has 4 rings (SSSR count). The lowest BCUT2D eigenvalue weighted by Gasteiger charge is -2.33. The van der Waals surface area contributed by atoms with Crippen LogP contribution in [0.3, 0.4) is 0 Å². The fourth-order valence-corrected chi connectivity index (χ4v) is 4.04. The summed E-state index contributed by atoms with van der Waals surface area (Å²) >= 11 is 0. The Hall–Kier alpha value is -2.14. The van der Waals surface area contributed by atoms with Gasteiger partial charge in [0, 0.05) is 31.2 Å². The predicted octanol–water partition coefficient (Wildman–Crippen LogP) is 3.10. The number of carbonyl (C=O) groups is 1. The first-order valence-electron chi connectivity index (χ1n) is 9.59. The van der Waals surface area contributed by atoms with Gasteiger partial charge in [-0.2, -0.15) is 0 Å². The van der Waals surface area contributed by atoms with Crippen molar-refractivity contribution in [1.29, 1.82) is 0 Å². The average Bonchev–Trinajstić information content (AvgIpc) is 3.42. The van der Waals surface area contributed by atoms with Crippen molar-refractivity contribution in [2.75, 3.05) is 13.1 Å². The van der Waals surface area contributed by atoms with Crippen LogP contribution in [0.5, 0.6) is 0 Å². The lowest BCUT2D eigenvalue weighted by Crippen LogP contribution is -2.47. The highest BCUT2D eigenvalue weighted by atomic mass is 16.5. The van der Waals surface area contributed by atoms with E-state index in [1.54, 1.807) is 0 Å². The number of nitrogens with zero attached hydrogens (tertiary/aromatic N) is 2. The largest absolute Gasteiger partial charge is 0.361 e. The minimum Gasteiger partial charge on any atom is -0.361 e. The molecule has 1 saturated carbocycles. The molecule has 2 aliphatic rings. The molecule has 0 atom stereocenters. The van der Waals surface area contributed by atoms with Crippen molar-refractivity contribution in [2.45, 2.75) is 57.5 Å². The third kappa shape index (κ3) is 3.28. The summed E-state index contributed by atoms with van der Waals surface area (Å²) in [5.74, 6) is 1.13. The standard InChI is InChI=1S/C21H27N3O2/c1-15-19(16(2)26-23-15)14-24-12-8-18(9-13-24)22-20(25)21(10-11-21)17-6-4-3-5-7-17/h3-7,18H,8-14H2,1-2H3,(H,22,25). The molecule has 2 aromatic rings. The zero-order valence-electron chi connectivity index (χ0n) is 15.6. The molecule has 1 amide bonds. The molecule has 26 heavy (non-hydrogen) atoms. The summed E-state index contributed by atoms with van der Waals surface area (Å²) in [7, 11) is 0. The Bertz CT molecular complexity index is 752. The van der Waals surface area contributed by atoms with Gasteiger partial charge in [-0.05, 0) is 45.1 Å². The van der Waals surface area contributed by atoms with E-state index in [1.807, 2.05) is 32.0 Å². The van der Waals surface area contributed by atoms with Crippen LogP contribution in [0.1, 0.15) is 48.3 Å². The van der Waals surface area contributed by atoms with Crippen molar-refractivity contribution < 1.29 is 9.32 Å². The van der Waals surface area contributed by atoms with Crippen LogP contribution in [0.15, 0.2) is 34.9 Å². The highest BCUT2D eigenvalue weighted by molar-refractivity contribution is 5.91. The van der Waals surface area contributed by atoms with E-state index >= 15 is 0 Å². The van der Waals surface area contributed by atoms with E-state index in [2.05, 4.69) is 27.5 Å².